The maximum Gasteiger partial charge on any atom is 0.325 e. The van der Waals surface area contributed by atoms with Crippen molar-refractivity contribution in [2.24, 2.45) is 11.3 Å². The second kappa shape index (κ2) is 8.12. The predicted molar refractivity (Wildman–Crippen MR) is 121 cm³/mol. The summed E-state index contributed by atoms with van der Waals surface area (Å²) in [6, 6.07) is 5.62. The van der Waals surface area contributed by atoms with Gasteiger partial charge in [-0.2, -0.15) is 0 Å². The molecule has 6 heteroatoms. The Bertz CT molecular complexity index is 858. The normalized spacial score (nSPS) is 26.8. The third-order valence-electron chi connectivity index (χ3n) is 6.49. The fourth-order valence-corrected chi connectivity index (χ4v) is 5.40. The monoisotopic (exact) mass is 430 g/mol. The van der Waals surface area contributed by atoms with Gasteiger partial charge in [-0.05, 0) is 60.1 Å². The standard InChI is InChI=1S/C25H38N2O4/c1-16-11-24(6,7)15-25(12-16)21(29)27(22(30)26-25)13-19(28)14-31-20-9-8-18(10-17(20)2)23(3,4)5/h8-10,16,19,28H,11-15H2,1-7H3,(H,26,30). The highest BCUT2D eigenvalue weighted by Crippen LogP contribution is 2.46. The number of hydrogen-bond donors (Lipinski definition) is 2. The molecule has 1 saturated heterocycles. The highest BCUT2D eigenvalue weighted by atomic mass is 16.5. The van der Waals surface area contributed by atoms with Crippen molar-refractivity contribution >= 4 is 11.9 Å². The van der Waals surface area contributed by atoms with E-state index in [9.17, 15) is 14.7 Å². The van der Waals surface area contributed by atoms with Crippen LogP contribution in [0.4, 0.5) is 4.79 Å². The van der Waals surface area contributed by atoms with Crippen LogP contribution in [0.2, 0.25) is 0 Å². The number of nitrogens with zero attached hydrogens (tertiary/aromatic N) is 1. The van der Waals surface area contributed by atoms with E-state index in [-0.39, 0.29) is 29.9 Å². The molecular formula is C25H38N2O4. The van der Waals surface area contributed by atoms with Crippen molar-refractivity contribution in [3.63, 3.8) is 0 Å². The lowest BCUT2D eigenvalue weighted by atomic mass is 9.64. The van der Waals surface area contributed by atoms with Gasteiger partial charge in [0.25, 0.3) is 5.91 Å². The molecule has 1 heterocycles. The number of β-amino-alcohol motifs (C(OH)–C–C–N with tert-alkyl or cyclic N) is 1. The molecule has 1 aliphatic heterocycles. The van der Waals surface area contributed by atoms with Crippen LogP contribution in [0.3, 0.4) is 0 Å². The Morgan fingerprint density at radius 3 is 2.52 bits per heavy atom. The van der Waals surface area contributed by atoms with Crippen LogP contribution in [0.1, 0.15) is 71.9 Å². The minimum Gasteiger partial charge on any atom is -0.491 e. The number of ether oxygens (including phenoxy) is 1. The van der Waals surface area contributed by atoms with E-state index in [1.54, 1.807) is 0 Å². The molecule has 172 valence electrons. The maximum absolute atomic E-state index is 13.2. The minimum absolute atomic E-state index is 0.0155. The molecule has 3 amide bonds. The zero-order chi connectivity index (χ0) is 23.2. The van der Waals surface area contributed by atoms with Crippen LogP contribution in [0.25, 0.3) is 0 Å². The summed E-state index contributed by atoms with van der Waals surface area (Å²) < 4.78 is 5.81. The van der Waals surface area contributed by atoms with Gasteiger partial charge in [-0.1, -0.05) is 53.7 Å². The number of hydrogen-bond acceptors (Lipinski definition) is 4. The van der Waals surface area contributed by atoms with Crippen molar-refractivity contribution < 1.29 is 19.4 Å². The first-order valence-electron chi connectivity index (χ1n) is 11.3. The van der Waals surface area contributed by atoms with E-state index in [0.717, 1.165) is 16.9 Å². The molecule has 3 unspecified atom stereocenters. The number of carbonyl (C=O) groups is 2. The number of imide groups is 1. The average Bonchev–Trinajstić information content (AvgIpc) is 2.81. The Hall–Kier alpha value is -2.08. The first kappa shape index (κ1) is 23.6. The lowest BCUT2D eigenvalue weighted by Gasteiger charge is -2.43. The van der Waals surface area contributed by atoms with Crippen LogP contribution < -0.4 is 10.1 Å². The van der Waals surface area contributed by atoms with E-state index < -0.39 is 17.7 Å². The van der Waals surface area contributed by atoms with E-state index in [1.807, 2.05) is 19.1 Å². The number of aryl methyl sites for hydroxylation is 1. The molecule has 6 nitrogen and oxygen atoms in total. The molecule has 2 N–H and O–H groups in total. The Kier molecular flexibility index (Phi) is 6.18. The smallest absolute Gasteiger partial charge is 0.325 e. The lowest BCUT2D eigenvalue weighted by Crippen LogP contribution is -2.54. The zero-order valence-electron chi connectivity index (χ0n) is 20.0. The molecule has 1 saturated carbocycles. The molecule has 3 atom stereocenters. The average molecular weight is 431 g/mol. The molecule has 1 aromatic carbocycles. The number of urea groups is 1. The van der Waals surface area contributed by atoms with Crippen LogP contribution in [-0.2, 0) is 10.2 Å². The number of benzene rings is 1. The highest BCUT2D eigenvalue weighted by Gasteiger charge is 2.56. The molecule has 0 aromatic heterocycles. The molecule has 1 spiro atoms. The SMILES string of the molecule is Cc1cc(C(C)(C)C)ccc1OCC(O)CN1C(=O)NC2(CC(C)CC(C)(C)C2)C1=O. The van der Waals surface area contributed by atoms with E-state index >= 15 is 0 Å². The molecule has 2 fully saturated rings. The molecule has 1 aliphatic carbocycles. The van der Waals surface area contributed by atoms with Crippen LogP contribution in [-0.4, -0.2) is 46.7 Å². The summed E-state index contributed by atoms with van der Waals surface area (Å²) in [5, 5.41) is 13.5. The van der Waals surface area contributed by atoms with Gasteiger partial charge in [-0.25, -0.2) is 4.79 Å². The second-order valence-electron chi connectivity index (χ2n) is 11.5. The van der Waals surface area contributed by atoms with Crippen molar-refractivity contribution in [2.75, 3.05) is 13.2 Å². The molecular weight excluding hydrogens is 392 g/mol. The van der Waals surface area contributed by atoms with Crippen molar-refractivity contribution in [1.82, 2.24) is 10.2 Å². The third-order valence-corrected chi connectivity index (χ3v) is 6.49. The van der Waals surface area contributed by atoms with Crippen molar-refractivity contribution in [3.8, 4) is 5.75 Å². The molecule has 1 aromatic rings. The lowest BCUT2D eigenvalue weighted by molar-refractivity contribution is -0.135. The van der Waals surface area contributed by atoms with Gasteiger partial charge in [0, 0.05) is 0 Å². The number of carbonyl (C=O) groups excluding carboxylic acids is 2. The topological polar surface area (TPSA) is 78.9 Å². The third kappa shape index (κ3) is 5.05. The number of rotatable bonds is 5. The van der Waals surface area contributed by atoms with Gasteiger partial charge in [0.1, 0.15) is 24.0 Å². The van der Waals surface area contributed by atoms with E-state index in [1.165, 1.54) is 5.56 Å². The zero-order valence-corrected chi connectivity index (χ0v) is 20.0. The van der Waals surface area contributed by atoms with E-state index in [0.29, 0.717) is 24.5 Å². The van der Waals surface area contributed by atoms with E-state index in [4.69, 9.17) is 4.74 Å². The Balaban J connectivity index is 1.63. The van der Waals surface area contributed by atoms with Gasteiger partial charge in [0.2, 0.25) is 0 Å². The molecule has 3 rings (SSSR count). The number of aliphatic hydroxyl groups excluding tert-OH is 1. The summed E-state index contributed by atoms with van der Waals surface area (Å²) in [4.78, 5) is 27.0. The molecule has 31 heavy (non-hydrogen) atoms. The fraction of sp³-hybridized carbons (Fsp3) is 0.680. The van der Waals surface area contributed by atoms with Gasteiger partial charge in [-0.15, -0.1) is 0 Å². The fourth-order valence-electron chi connectivity index (χ4n) is 5.40. The number of nitrogens with one attached hydrogen (secondary N) is 1. The highest BCUT2D eigenvalue weighted by molar-refractivity contribution is 6.07. The maximum atomic E-state index is 13.2. The minimum atomic E-state index is -0.958. The quantitative estimate of drug-likeness (QED) is 0.687. The Morgan fingerprint density at radius 2 is 1.94 bits per heavy atom. The van der Waals surface area contributed by atoms with Gasteiger partial charge in [0.15, 0.2) is 0 Å². The second-order valence-corrected chi connectivity index (χ2v) is 11.5. The largest absolute Gasteiger partial charge is 0.491 e. The Morgan fingerprint density at radius 1 is 1.26 bits per heavy atom. The summed E-state index contributed by atoms with van der Waals surface area (Å²) in [6.07, 6.45) is 1.34. The van der Waals surface area contributed by atoms with Crippen LogP contribution in [0.15, 0.2) is 18.2 Å². The van der Waals surface area contributed by atoms with E-state index in [2.05, 4.69) is 52.9 Å². The number of aliphatic hydroxyl groups is 1. The van der Waals surface area contributed by atoms with Gasteiger partial charge < -0.3 is 15.2 Å². The van der Waals surface area contributed by atoms with Gasteiger partial charge in [-0.3, -0.25) is 9.69 Å². The first-order chi connectivity index (χ1) is 14.2. The van der Waals surface area contributed by atoms with Gasteiger partial charge in [0.05, 0.1) is 6.54 Å². The van der Waals surface area contributed by atoms with Crippen molar-refractivity contribution in [2.45, 2.75) is 84.8 Å². The summed E-state index contributed by atoms with van der Waals surface area (Å²) in [7, 11) is 0. The van der Waals surface area contributed by atoms with Crippen molar-refractivity contribution in [3.05, 3.63) is 29.3 Å². The summed E-state index contributed by atoms with van der Waals surface area (Å²) >= 11 is 0. The molecule has 0 radical (unpaired) electrons. The Labute approximate surface area is 186 Å². The first-order valence-corrected chi connectivity index (χ1v) is 11.3. The summed E-state index contributed by atoms with van der Waals surface area (Å²) in [5.41, 5.74) is 1.39. The molecule has 2 aliphatic rings. The van der Waals surface area contributed by atoms with Crippen molar-refractivity contribution in [1.29, 1.82) is 0 Å². The van der Waals surface area contributed by atoms with Gasteiger partial charge >= 0.3 is 6.03 Å². The van der Waals surface area contributed by atoms with Crippen LogP contribution >= 0.6 is 0 Å². The molecule has 0 bridgehead atoms. The predicted octanol–water partition coefficient (Wildman–Crippen LogP) is 4.17. The number of amides is 3. The summed E-state index contributed by atoms with van der Waals surface area (Å²) in [6.45, 7) is 14.8. The van der Waals surface area contributed by atoms with Crippen LogP contribution in [0, 0.1) is 18.3 Å². The summed E-state index contributed by atoms with van der Waals surface area (Å²) in [5.74, 6) is 0.825. The van der Waals surface area contributed by atoms with Crippen LogP contribution in [0.5, 0.6) is 5.75 Å².